The molecule has 3 aliphatic heterocycles. The van der Waals surface area contributed by atoms with Crippen molar-refractivity contribution < 1.29 is 9.59 Å². The predicted octanol–water partition coefficient (Wildman–Crippen LogP) is -0.0359. The van der Waals surface area contributed by atoms with Crippen molar-refractivity contribution in [3.8, 4) is 0 Å². The summed E-state index contributed by atoms with van der Waals surface area (Å²) in [6.07, 6.45) is 5.61. The highest BCUT2D eigenvalue weighted by Crippen LogP contribution is 2.39. The second kappa shape index (κ2) is 7.53. The van der Waals surface area contributed by atoms with Gasteiger partial charge in [0.1, 0.15) is 6.04 Å². The van der Waals surface area contributed by atoms with E-state index in [-0.39, 0.29) is 29.4 Å². The lowest BCUT2D eigenvalue weighted by molar-refractivity contribution is -0.144. The second-order valence-corrected chi connectivity index (χ2v) is 8.12. The van der Waals surface area contributed by atoms with Gasteiger partial charge >= 0.3 is 0 Å². The molecule has 0 bridgehead atoms. The molecule has 2 amide bonds. The first-order chi connectivity index (χ1) is 13.0. The average Bonchev–Trinajstić information content (AvgIpc) is 3.12. The van der Waals surface area contributed by atoms with Crippen LogP contribution in [0.1, 0.15) is 37.8 Å². The molecule has 3 saturated heterocycles. The van der Waals surface area contributed by atoms with E-state index in [0.717, 1.165) is 31.5 Å². The van der Waals surface area contributed by atoms with Crippen molar-refractivity contribution in [2.45, 2.75) is 50.9 Å². The van der Waals surface area contributed by atoms with Crippen LogP contribution in [0.3, 0.4) is 0 Å². The summed E-state index contributed by atoms with van der Waals surface area (Å²) in [5.41, 5.74) is 12.7. The van der Waals surface area contributed by atoms with E-state index in [4.69, 9.17) is 5.73 Å². The van der Waals surface area contributed by atoms with E-state index >= 15 is 0 Å². The molecule has 8 nitrogen and oxygen atoms in total. The van der Waals surface area contributed by atoms with Gasteiger partial charge in [0, 0.05) is 44.1 Å². The number of carbonyl (C=O) groups excluding carboxylic acids is 2. The normalized spacial score (nSPS) is 31.5. The maximum atomic E-state index is 12.9. The molecule has 3 fully saturated rings. The molecule has 3 unspecified atom stereocenters. The molecule has 8 heteroatoms. The standard InChI is InChI=1S/C19H28N6O2/c20-16-10-15(22-23-16)18(27)24-9-3-6-19(12-24)7-5-17(26)25(13-19)11-14-4-1-2-8-21-14/h1-2,4,8,15-16,22-23H,3,5-7,9-13,20H2. The Labute approximate surface area is 159 Å². The first-order valence-electron chi connectivity index (χ1n) is 9.78. The van der Waals surface area contributed by atoms with Gasteiger partial charge in [-0.05, 0) is 31.4 Å². The first-order valence-corrected chi connectivity index (χ1v) is 9.78. The van der Waals surface area contributed by atoms with E-state index in [1.54, 1.807) is 6.20 Å². The molecule has 0 saturated carbocycles. The Bertz CT molecular complexity index is 699. The number of piperidine rings is 2. The number of pyridine rings is 1. The minimum Gasteiger partial charge on any atom is -0.341 e. The van der Waals surface area contributed by atoms with E-state index in [9.17, 15) is 9.59 Å². The molecule has 0 aromatic carbocycles. The number of rotatable bonds is 3. The number of hydrogen-bond acceptors (Lipinski definition) is 6. The second-order valence-electron chi connectivity index (χ2n) is 8.12. The molecule has 1 aromatic heterocycles. The van der Waals surface area contributed by atoms with Gasteiger partial charge < -0.3 is 15.5 Å². The summed E-state index contributed by atoms with van der Waals surface area (Å²) < 4.78 is 0. The van der Waals surface area contributed by atoms with Gasteiger partial charge in [0.15, 0.2) is 0 Å². The van der Waals surface area contributed by atoms with Gasteiger partial charge in [-0.1, -0.05) is 6.07 Å². The Morgan fingerprint density at radius 1 is 1.30 bits per heavy atom. The number of likely N-dealkylation sites (tertiary alicyclic amines) is 2. The Kier molecular flexibility index (Phi) is 5.12. The van der Waals surface area contributed by atoms with Crippen molar-refractivity contribution >= 4 is 11.8 Å². The maximum Gasteiger partial charge on any atom is 0.241 e. The van der Waals surface area contributed by atoms with E-state index in [0.29, 0.717) is 32.5 Å². The number of amides is 2. The van der Waals surface area contributed by atoms with Crippen LogP contribution in [0.25, 0.3) is 0 Å². The quantitative estimate of drug-likeness (QED) is 0.688. The van der Waals surface area contributed by atoms with Crippen LogP contribution in [0, 0.1) is 5.41 Å². The highest BCUT2D eigenvalue weighted by molar-refractivity contribution is 5.82. The lowest BCUT2D eigenvalue weighted by Crippen LogP contribution is -2.57. The van der Waals surface area contributed by atoms with Crippen molar-refractivity contribution in [1.29, 1.82) is 0 Å². The lowest BCUT2D eigenvalue weighted by Gasteiger charge is -2.48. The number of carbonyl (C=O) groups is 2. The van der Waals surface area contributed by atoms with Crippen LogP contribution in [0.2, 0.25) is 0 Å². The van der Waals surface area contributed by atoms with Gasteiger partial charge in [0.05, 0.1) is 18.4 Å². The van der Waals surface area contributed by atoms with Gasteiger partial charge in [-0.25, -0.2) is 10.9 Å². The Balaban J connectivity index is 1.43. The van der Waals surface area contributed by atoms with Gasteiger partial charge in [-0.3, -0.25) is 14.6 Å². The fraction of sp³-hybridized carbons (Fsp3) is 0.632. The van der Waals surface area contributed by atoms with Gasteiger partial charge in [-0.2, -0.15) is 0 Å². The molecule has 4 heterocycles. The number of nitrogens with zero attached hydrogens (tertiary/aromatic N) is 3. The predicted molar refractivity (Wildman–Crippen MR) is 99.8 cm³/mol. The van der Waals surface area contributed by atoms with E-state index in [1.165, 1.54) is 0 Å². The van der Waals surface area contributed by atoms with Gasteiger partial charge in [0.2, 0.25) is 11.8 Å². The first kappa shape index (κ1) is 18.3. The van der Waals surface area contributed by atoms with Crippen LogP contribution >= 0.6 is 0 Å². The molecule has 3 aliphatic rings. The zero-order valence-electron chi connectivity index (χ0n) is 15.6. The zero-order valence-corrected chi connectivity index (χ0v) is 15.6. The molecule has 146 valence electrons. The van der Waals surface area contributed by atoms with Gasteiger partial charge in [-0.15, -0.1) is 0 Å². The van der Waals surface area contributed by atoms with Crippen molar-refractivity contribution in [2.75, 3.05) is 19.6 Å². The number of nitrogens with one attached hydrogen (secondary N) is 2. The third kappa shape index (κ3) is 3.97. The zero-order chi connectivity index (χ0) is 18.9. The summed E-state index contributed by atoms with van der Waals surface area (Å²) in [6.45, 7) is 2.73. The number of hydrogen-bond donors (Lipinski definition) is 3. The van der Waals surface area contributed by atoms with Crippen molar-refractivity contribution in [1.82, 2.24) is 25.6 Å². The molecule has 4 N–H and O–H groups in total. The maximum absolute atomic E-state index is 12.9. The molecule has 3 atom stereocenters. The largest absolute Gasteiger partial charge is 0.341 e. The fourth-order valence-electron chi connectivity index (χ4n) is 4.63. The SMILES string of the molecule is NC1CC(C(=O)N2CCCC3(CCC(=O)N(Cc4ccccn4)C3)C2)NN1. The molecular weight excluding hydrogens is 344 g/mol. The topological polar surface area (TPSA) is 104 Å². The van der Waals surface area contributed by atoms with Crippen LogP contribution in [-0.2, 0) is 16.1 Å². The smallest absolute Gasteiger partial charge is 0.241 e. The summed E-state index contributed by atoms with van der Waals surface area (Å²) in [7, 11) is 0. The minimum atomic E-state index is -0.259. The summed E-state index contributed by atoms with van der Waals surface area (Å²) in [5.74, 6) is 0.296. The Morgan fingerprint density at radius 3 is 2.93 bits per heavy atom. The summed E-state index contributed by atoms with van der Waals surface area (Å²) in [6, 6.07) is 5.52. The number of aromatic nitrogens is 1. The number of nitrogens with two attached hydrogens (primary N) is 1. The molecule has 0 radical (unpaired) electrons. The van der Waals surface area contributed by atoms with Crippen LogP contribution in [0.15, 0.2) is 24.4 Å². The molecule has 4 rings (SSSR count). The fourth-order valence-corrected chi connectivity index (χ4v) is 4.63. The lowest BCUT2D eigenvalue weighted by atomic mass is 9.73. The highest BCUT2D eigenvalue weighted by Gasteiger charge is 2.44. The molecule has 0 aliphatic carbocycles. The summed E-state index contributed by atoms with van der Waals surface area (Å²) in [4.78, 5) is 33.6. The third-order valence-corrected chi connectivity index (χ3v) is 6.03. The highest BCUT2D eigenvalue weighted by atomic mass is 16.2. The third-order valence-electron chi connectivity index (χ3n) is 6.03. The van der Waals surface area contributed by atoms with Crippen LogP contribution in [0.5, 0.6) is 0 Å². The number of hydrazine groups is 1. The van der Waals surface area contributed by atoms with Crippen molar-refractivity contribution in [3.63, 3.8) is 0 Å². The van der Waals surface area contributed by atoms with E-state index < -0.39 is 0 Å². The minimum absolute atomic E-state index is 0.00918. The van der Waals surface area contributed by atoms with Gasteiger partial charge in [0.25, 0.3) is 0 Å². The molecule has 1 aromatic rings. The van der Waals surface area contributed by atoms with Crippen molar-refractivity contribution in [3.05, 3.63) is 30.1 Å². The summed E-state index contributed by atoms with van der Waals surface area (Å²) >= 11 is 0. The molecule has 27 heavy (non-hydrogen) atoms. The average molecular weight is 372 g/mol. The van der Waals surface area contributed by atoms with Crippen LogP contribution in [-0.4, -0.2) is 58.4 Å². The Hall–Kier alpha value is -2.03. The summed E-state index contributed by atoms with van der Waals surface area (Å²) in [5, 5.41) is 0. The molecular formula is C19H28N6O2. The van der Waals surface area contributed by atoms with E-state index in [1.807, 2.05) is 28.0 Å². The monoisotopic (exact) mass is 372 g/mol. The molecule has 1 spiro atoms. The van der Waals surface area contributed by atoms with Crippen LogP contribution < -0.4 is 16.6 Å². The van der Waals surface area contributed by atoms with E-state index in [2.05, 4.69) is 15.8 Å². The van der Waals surface area contributed by atoms with Crippen molar-refractivity contribution in [2.24, 2.45) is 11.1 Å². The Morgan fingerprint density at radius 2 is 2.19 bits per heavy atom. The van der Waals surface area contributed by atoms with Crippen LogP contribution in [0.4, 0.5) is 0 Å².